The van der Waals surface area contributed by atoms with Crippen LogP contribution >= 0.6 is 11.6 Å². The molecule has 3 heteroatoms. The molecule has 0 aromatic heterocycles. The van der Waals surface area contributed by atoms with Gasteiger partial charge in [-0.05, 0) is 82.0 Å². The summed E-state index contributed by atoms with van der Waals surface area (Å²) in [4.78, 5) is 15.7. The fraction of sp³-hybridized carbons (Fsp3) is 0.944. The summed E-state index contributed by atoms with van der Waals surface area (Å²) in [6.45, 7) is 0.898. The standard InChI is InChI=1S/C18H28ClNO/c19-5-2-6-20(16-3-1-4-16)17(21)18-10-13-7-14(11-18)9-15(8-13)12-18/h13-16H,1-12H2. The zero-order valence-corrected chi connectivity index (χ0v) is 13.8. The number of carbonyl (C=O) groups excluding carboxylic acids is 1. The van der Waals surface area contributed by atoms with Crippen LogP contribution in [0.15, 0.2) is 0 Å². The molecule has 5 saturated carbocycles. The number of alkyl halides is 1. The second-order valence-electron chi connectivity index (χ2n) is 8.32. The number of rotatable bonds is 5. The zero-order valence-electron chi connectivity index (χ0n) is 13.0. The number of halogens is 1. The highest BCUT2D eigenvalue weighted by Crippen LogP contribution is 2.60. The molecule has 21 heavy (non-hydrogen) atoms. The van der Waals surface area contributed by atoms with Crippen LogP contribution in [0.2, 0.25) is 0 Å². The van der Waals surface area contributed by atoms with Crippen LogP contribution < -0.4 is 0 Å². The van der Waals surface area contributed by atoms with Crippen LogP contribution in [0.1, 0.15) is 64.2 Å². The molecule has 1 amide bonds. The molecule has 5 rings (SSSR count). The molecule has 0 aromatic carbocycles. The minimum Gasteiger partial charge on any atom is -0.339 e. The van der Waals surface area contributed by atoms with E-state index < -0.39 is 0 Å². The molecule has 2 nitrogen and oxygen atoms in total. The first-order chi connectivity index (χ1) is 10.2. The van der Waals surface area contributed by atoms with E-state index in [1.54, 1.807) is 0 Å². The van der Waals surface area contributed by atoms with Gasteiger partial charge in [0, 0.05) is 18.5 Å². The predicted octanol–water partition coefficient (Wildman–Crippen LogP) is 4.21. The smallest absolute Gasteiger partial charge is 0.229 e. The van der Waals surface area contributed by atoms with E-state index in [2.05, 4.69) is 4.90 Å². The van der Waals surface area contributed by atoms with Gasteiger partial charge in [0.1, 0.15) is 0 Å². The average molecular weight is 310 g/mol. The predicted molar refractivity (Wildman–Crippen MR) is 85.3 cm³/mol. The van der Waals surface area contributed by atoms with Gasteiger partial charge in [-0.25, -0.2) is 0 Å². The second-order valence-corrected chi connectivity index (χ2v) is 8.70. The van der Waals surface area contributed by atoms with Crippen molar-refractivity contribution in [1.29, 1.82) is 0 Å². The van der Waals surface area contributed by atoms with Gasteiger partial charge in [-0.15, -0.1) is 11.6 Å². The highest BCUT2D eigenvalue weighted by Gasteiger charge is 2.56. The van der Waals surface area contributed by atoms with Gasteiger partial charge in [-0.3, -0.25) is 4.79 Å². The summed E-state index contributed by atoms with van der Waals surface area (Å²) in [7, 11) is 0. The van der Waals surface area contributed by atoms with E-state index in [0.717, 1.165) is 30.7 Å². The van der Waals surface area contributed by atoms with Gasteiger partial charge in [0.2, 0.25) is 5.91 Å². The number of hydrogen-bond donors (Lipinski definition) is 0. The molecule has 0 unspecified atom stereocenters. The third-order valence-electron chi connectivity index (χ3n) is 6.80. The van der Waals surface area contributed by atoms with E-state index in [9.17, 15) is 4.79 Å². The van der Waals surface area contributed by atoms with Crippen LogP contribution in [0.5, 0.6) is 0 Å². The molecule has 118 valence electrons. The van der Waals surface area contributed by atoms with Crippen molar-refractivity contribution in [3.63, 3.8) is 0 Å². The van der Waals surface area contributed by atoms with Gasteiger partial charge in [0.15, 0.2) is 0 Å². The Kier molecular flexibility index (Phi) is 3.72. The number of carbonyl (C=O) groups is 1. The van der Waals surface area contributed by atoms with Crippen molar-refractivity contribution in [2.45, 2.75) is 70.3 Å². The van der Waals surface area contributed by atoms with Crippen LogP contribution in [-0.2, 0) is 4.79 Å². The summed E-state index contributed by atoms with van der Waals surface area (Å²) < 4.78 is 0. The molecular formula is C18H28ClNO. The maximum atomic E-state index is 13.4. The maximum Gasteiger partial charge on any atom is 0.229 e. The first-order valence-electron chi connectivity index (χ1n) is 9.07. The monoisotopic (exact) mass is 309 g/mol. The van der Waals surface area contributed by atoms with Crippen molar-refractivity contribution >= 4 is 17.5 Å². The first kappa shape index (κ1) is 14.4. The van der Waals surface area contributed by atoms with E-state index in [0.29, 0.717) is 17.8 Å². The minimum atomic E-state index is 0.0383. The largest absolute Gasteiger partial charge is 0.339 e. The summed E-state index contributed by atoms with van der Waals surface area (Å²) in [6.07, 6.45) is 12.5. The summed E-state index contributed by atoms with van der Waals surface area (Å²) >= 11 is 5.90. The van der Waals surface area contributed by atoms with Gasteiger partial charge in [-0.2, -0.15) is 0 Å². The lowest BCUT2D eigenvalue weighted by Crippen LogP contribution is -2.57. The molecule has 5 aliphatic rings. The van der Waals surface area contributed by atoms with E-state index >= 15 is 0 Å². The first-order valence-corrected chi connectivity index (χ1v) is 9.61. The molecular weight excluding hydrogens is 282 g/mol. The van der Waals surface area contributed by atoms with Gasteiger partial charge in [0.05, 0.1) is 5.41 Å². The fourth-order valence-electron chi connectivity index (χ4n) is 6.06. The van der Waals surface area contributed by atoms with Gasteiger partial charge < -0.3 is 4.90 Å². The summed E-state index contributed by atoms with van der Waals surface area (Å²) in [5.74, 6) is 3.78. The number of hydrogen-bond acceptors (Lipinski definition) is 1. The lowest BCUT2D eigenvalue weighted by atomic mass is 9.49. The van der Waals surface area contributed by atoms with Gasteiger partial charge in [0.25, 0.3) is 0 Å². The quantitative estimate of drug-likeness (QED) is 0.697. The Labute approximate surface area is 133 Å². The Balaban J connectivity index is 1.54. The highest BCUT2D eigenvalue weighted by atomic mass is 35.5. The fourth-order valence-corrected chi connectivity index (χ4v) is 6.18. The van der Waals surface area contributed by atoms with Crippen LogP contribution in [0.25, 0.3) is 0 Å². The third kappa shape index (κ3) is 2.42. The summed E-state index contributed by atoms with van der Waals surface area (Å²) in [6, 6.07) is 0.536. The molecule has 4 bridgehead atoms. The van der Waals surface area contributed by atoms with Crippen molar-refractivity contribution in [2.75, 3.05) is 12.4 Å². The number of nitrogens with zero attached hydrogens (tertiary/aromatic N) is 1. The van der Waals surface area contributed by atoms with E-state index in [1.807, 2.05) is 0 Å². The van der Waals surface area contributed by atoms with E-state index in [4.69, 9.17) is 11.6 Å². The van der Waals surface area contributed by atoms with Crippen molar-refractivity contribution in [2.24, 2.45) is 23.2 Å². The zero-order chi connectivity index (χ0) is 14.4. The Morgan fingerprint density at radius 2 is 1.62 bits per heavy atom. The SMILES string of the molecule is O=C(N(CCCCl)C1CCC1)C12CC3CC(CC(C3)C1)C2. The van der Waals surface area contributed by atoms with Crippen LogP contribution in [0.3, 0.4) is 0 Å². The van der Waals surface area contributed by atoms with E-state index in [-0.39, 0.29) is 5.41 Å². The molecule has 0 heterocycles. The second kappa shape index (κ2) is 5.44. The Morgan fingerprint density at radius 1 is 1.05 bits per heavy atom. The lowest BCUT2D eigenvalue weighted by molar-refractivity contribution is -0.161. The molecule has 5 aliphatic carbocycles. The minimum absolute atomic E-state index is 0.0383. The Bertz CT molecular complexity index is 382. The third-order valence-corrected chi connectivity index (χ3v) is 7.07. The van der Waals surface area contributed by atoms with Crippen LogP contribution in [0.4, 0.5) is 0 Å². The van der Waals surface area contributed by atoms with Crippen molar-refractivity contribution in [3.8, 4) is 0 Å². The molecule has 0 saturated heterocycles. The Hall–Kier alpha value is -0.240. The molecule has 0 aliphatic heterocycles. The normalized spacial score (nSPS) is 41.1. The van der Waals surface area contributed by atoms with Gasteiger partial charge >= 0.3 is 0 Å². The Morgan fingerprint density at radius 3 is 2.05 bits per heavy atom. The van der Waals surface area contributed by atoms with Gasteiger partial charge in [-0.1, -0.05) is 0 Å². The summed E-state index contributed by atoms with van der Waals surface area (Å²) in [5.41, 5.74) is 0.0383. The van der Waals surface area contributed by atoms with Crippen molar-refractivity contribution < 1.29 is 4.79 Å². The highest BCUT2D eigenvalue weighted by molar-refractivity contribution is 6.17. The van der Waals surface area contributed by atoms with Crippen molar-refractivity contribution in [3.05, 3.63) is 0 Å². The molecule has 0 N–H and O–H groups in total. The van der Waals surface area contributed by atoms with Crippen LogP contribution in [-0.4, -0.2) is 29.3 Å². The molecule has 0 spiro atoms. The molecule has 5 fully saturated rings. The average Bonchev–Trinajstić information content (AvgIpc) is 2.39. The maximum absolute atomic E-state index is 13.4. The van der Waals surface area contributed by atoms with Crippen LogP contribution in [0, 0.1) is 23.2 Å². The molecule has 0 radical (unpaired) electrons. The van der Waals surface area contributed by atoms with E-state index in [1.165, 1.54) is 57.8 Å². The topological polar surface area (TPSA) is 20.3 Å². The molecule has 0 aromatic rings. The number of amides is 1. The lowest BCUT2D eigenvalue weighted by Gasteiger charge is -2.57. The summed E-state index contributed by atoms with van der Waals surface area (Å²) in [5, 5.41) is 0. The molecule has 0 atom stereocenters. The van der Waals surface area contributed by atoms with Crippen molar-refractivity contribution in [1.82, 2.24) is 4.90 Å².